The number of hydrogen-bond donors (Lipinski definition) is 1. The van der Waals surface area contributed by atoms with Gasteiger partial charge in [0, 0.05) is 29.7 Å². The molecule has 0 aliphatic carbocycles. The second-order valence-corrected chi connectivity index (χ2v) is 6.73. The van der Waals surface area contributed by atoms with Crippen LogP contribution in [0.1, 0.15) is 29.3 Å². The van der Waals surface area contributed by atoms with Crippen LogP contribution in [0.15, 0.2) is 78.6 Å². The van der Waals surface area contributed by atoms with E-state index >= 15 is 0 Å². The predicted molar refractivity (Wildman–Crippen MR) is 120 cm³/mol. The van der Waals surface area contributed by atoms with Crippen LogP contribution in [0.25, 0.3) is 6.08 Å². The smallest absolute Gasteiger partial charge is 0.259 e. The van der Waals surface area contributed by atoms with Gasteiger partial charge >= 0.3 is 0 Å². The molecule has 0 aliphatic heterocycles. The number of nitrogens with one attached hydrogen (secondary N) is 1. The molecule has 0 bridgehead atoms. The molecule has 1 heterocycles. The molecular weight excluding hydrogens is 392 g/mol. The van der Waals surface area contributed by atoms with Crippen molar-refractivity contribution in [1.82, 2.24) is 4.98 Å². The van der Waals surface area contributed by atoms with Crippen molar-refractivity contribution in [3.8, 4) is 11.5 Å². The number of anilines is 1. The molecule has 158 valence electrons. The molecule has 0 fully saturated rings. The first kappa shape index (κ1) is 21.8. The Labute approximate surface area is 181 Å². The van der Waals surface area contributed by atoms with Gasteiger partial charge < -0.3 is 14.8 Å². The van der Waals surface area contributed by atoms with Crippen LogP contribution < -0.4 is 14.8 Å². The van der Waals surface area contributed by atoms with Crippen molar-refractivity contribution in [3.63, 3.8) is 0 Å². The summed E-state index contributed by atoms with van der Waals surface area (Å²) in [6.07, 6.45) is 5.49. The van der Waals surface area contributed by atoms with Gasteiger partial charge in [-0.25, -0.2) is 0 Å². The average molecular weight is 416 g/mol. The van der Waals surface area contributed by atoms with Gasteiger partial charge in [-0.3, -0.25) is 14.6 Å². The van der Waals surface area contributed by atoms with E-state index in [0.29, 0.717) is 29.2 Å². The van der Waals surface area contributed by atoms with E-state index in [1.807, 2.05) is 19.1 Å². The minimum Gasteiger partial charge on any atom is -0.497 e. The minimum absolute atomic E-state index is 0.00181. The third-order valence-electron chi connectivity index (χ3n) is 4.40. The molecule has 0 saturated carbocycles. The lowest BCUT2D eigenvalue weighted by atomic mass is 10.0. The molecule has 1 N–H and O–H groups in total. The van der Waals surface area contributed by atoms with E-state index in [9.17, 15) is 9.59 Å². The Bertz CT molecular complexity index is 1060. The van der Waals surface area contributed by atoms with Crippen molar-refractivity contribution >= 4 is 23.5 Å². The number of aromatic nitrogens is 1. The van der Waals surface area contributed by atoms with E-state index in [1.165, 1.54) is 6.20 Å². The zero-order chi connectivity index (χ0) is 22.1. The first-order valence-corrected chi connectivity index (χ1v) is 9.95. The van der Waals surface area contributed by atoms with Gasteiger partial charge in [-0.2, -0.15) is 0 Å². The third kappa shape index (κ3) is 6.02. The molecule has 3 rings (SSSR count). The summed E-state index contributed by atoms with van der Waals surface area (Å²) in [4.78, 5) is 30.1. The lowest BCUT2D eigenvalue weighted by Gasteiger charge is -2.10. The Morgan fingerprint density at radius 1 is 1.03 bits per heavy atom. The van der Waals surface area contributed by atoms with Gasteiger partial charge in [0.15, 0.2) is 5.78 Å². The molecule has 1 aromatic heterocycles. The number of rotatable bonds is 9. The van der Waals surface area contributed by atoms with E-state index in [0.717, 1.165) is 12.2 Å². The number of carbonyl (C=O) groups is 2. The fourth-order valence-corrected chi connectivity index (χ4v) is 2.83. The van der Waals surface area contributed by atoms with E-state index in [4.69, 9.17) is 9.47 Å². The molecule has 0 atom stereocenters. The summed E-state index contributed by atoms with van der Waals surface area (Å²) in [5.74, 6) is 0.401. The molecule has 0 unspecified atom stereocenters. The maximum absolute atomic E-state index is 13.1. The van der Waals surface area contributed by atoms with Gasteiger partial charge in [-0.1, -0.05) is 25.1 Å². The monoisotopic (exact) mass is 416 g/mol. The van der Waals surface area contributed by atoms with Gasteiger partial charge in [0.2, 0.25) is 0 Å². The molecule has 0 radical (unpaired) electrons. The number of hydrogen-bond acceptors (Lipinski definition) is 5. The number of Topliss-reactive ketones (excluding diaryl/α,β-unsaturated/α-hetero) is 1. The molecular formula is C25H24N2O4. The summed E-state index contributed by atoms with van der Waals surface area (Å²) < 4.78 is 10.8. The molecule has 0 saturated heterocycles. The standard InChI is InChI=1S/C25H24N2O4/c1-3-14-31-21-11-9-18(10-12-21)15-23(24(28)19-6-5-13-26-17-19)25(29)27-20-7-4-8-22(16-20)30-2/h4-13,15-17H,3,14H2,1-2H3,(H,27,29)/b23-15+. The number of benzene rings is 2. The van der Waals surface area contributed by atoms with Gasteiger partial charge in [0.1, 0.15) is 11.5 Å². The molecule has 0 aliphatic rings. The van der Waals surface area contributed by atoms with Crippen molar-refractivity contribution in [3.05, 3.63) is 89.8 Å². The van der Waals surface area contributed by atoms with Crippen LogP contribution in [0, 0.1) is 0 Å². The summed E-state index contributed by atoms with van der Waals surface area (Å²) in [6, 6.07) is 17.5. The average Bonchev–Trinajstić information content (AvgIpc) is 2.82. The van der Waals surface area contributed by atoms with E-state index in [-0.39, 0.29) is 5.57 Å². The third-order valence-corrected chi connectivity index (χ3v) is 4.40. The molecule has 2 aromatic carbocycles. The molecule has 1 amide bonds. The van der Waals surface area contributed by atoms with Crippen molar-refractivity contribution in [2.24, 2.45) is 0 Å². The van der Waals surface area contributed by atoms with Crippen molar-refractivity contribution in [2.75, 3.05) is 19.0 Å². The van der Waals surface area contributed by atoms with Crippen LogP contribution in [0.4, 0.5) is 5.69 Å². The number of carbonyl (C=O) groups excluding carboxylic acids is 2. The predicted octanol–water partition coefficient (Wildman–Crippen LogP) is 4.78. The van der Waals surface area contributed by atoms with Crippen LogP contribution in [-0.4, -0.2) is 30.4 Å². The van der Waals surface area contributed by atoms with Crippen molar-refractivity contribution < 1.29 is 19.1 Å². The van der Waals surface area contributed by atoms with Crippen molar-refractivity contribution in [2.45, 2.75) is 13.3 Å². The molecule has 0 spiro atoms. The van der Waals surface area contributed by atoms with Crippen LogP contribution in [0.3, 0.4) is 0 Å². The van der Waals surface area contributed by atoms with Gasteiger partial charge in [0.25, 0.3) is 5.91 Å². The summed E-state index contributed by atoms with van der Waals surface area (Å²) in [5, 5.41) is 2.77. The Morgan fingerprint density at radius 2 is 1.84 bits per heavy atom. The lowest BCUT2D eigenvalue weighted by Crippen LogP contribution is -2.21. The number of methoxy groups -OCH3 is 1. The SMILES string of the molecule is CCCOc1ccc(/C=C(/C(=O)Nc2cccc(OC)c2)C(=O)c2cccnc2)cc1. The summed E-state index contributed by atoms with van der Waals surface area (Å²) in [5.41, 5.74) is 1.56. The van der Waals surface area contributed by atoms with Gasteiger partial charge in [-0.15, -0.1) is 0 Å². The van der Waals surface area contributed by atoms with E-state index in [1.54, 1.807) is 67.9 Å². The Morgan fingerprint density at radius 3 is 2.52 bits per heavy atom. The van der Waals surface area contributed by atoms with E-state index < -0.39 is 11.7 Å². The second-order valence-electron chi connectivity index (χ2n) is 6.73. The highest BCUT2D eigenvalue weighted by Gasteiger charge is 2.20. The summed E-state index contributed by atoms with van der Waals surface area (Å²) in [6.45, 7) is 2.66. The van der Waals surface area contributed by atoms with Crippen LogP contribution in [0.5, 0.6) is 11.5 Å². The number of ketones is 1. The Kier molecular flexibility index (Phi) is 7.54. The number of pyridine rings is 1. The summed E-state index contributed by atoms with van der Waals surface area (Å²) in [7, 11) is 1.55. The Balaban J connectivity index is 1.91. The fourth-order valence-electron chi connectivity index (χ4n) is 2.83. The number of nitrogens with zero attached hydrogens (tertiary/aromatic N) is 1. The van der Waals surface area contributed by atoms with Crippen LogP contribution in [0.2, 0.25) is 0 Å². The normalized spacial score (nSPS) is 11.0. The van der Waals surface area contributed by atoms with Crippen molar-refractivity contribution in [1.29, 1.82) is 0 Å². The first-order chi connectivity index (χ1) is 15.1. The zero-order valence-corrected chi connectivity index (χ0v) is 17.5. The quantitative estimate of drug-likeness (QED) is 0.235. The zero-order valence-electron chi connectivity index (χ0n) is 17.5. The first-order valence-electron chi connectivity index (χ1n) is 9.95. The topological polar surface area (TPSA) is 77.5 Å². The Hall–Kier alpha value is -3.93. The minimum atomic E-state index is -0.520. The lowest BCUT2D eigenvalue weighted by molar-refractivity contribution is -0.112. The largest absolute Gasteiger partial charge is 0.497 e. The van der Waals surface area contributed by atoms with Crippen LogP contribution in [-0.2, 0) is 4.79 Å². The maximum Gasteiger partial charge on any atom is 0.259 e. The second kappa shape index (κ2) is 10.7. The summed E-state index contributed by atoms with van der Waals surface area (Å²) >= 11 is 0. The highest BCUT2D eigenvalue weighted by molar-refractivity contribution is 6.31. The number of ether oxygens (including phenoxy) is 2. The number of amides is 1. The molecule has 3 aromatic rings. The highest BCUT2D eigenvalue weighted by Crippen LogP contribution is 2.20. The molecule has 6 heteroatoms. The fraction of sp³-hybridized carbons (Fsp3) is 0.160. The van der Waals surface area contributed by atoms with Crippen LogP contribution >= 0.6 is 0 Å². The highest BCUT2D eigenvalue weighted by atomic mass is 16.5. The van der Waals surface area contributed by atoms with Gasteiger partial charge in [-0.05, 0) is 54.5 Å². The van der Waals surface area contributed by atoms with Gasteiger partial charge in [0.05, 0.1) is 19.3 Å². The van der Waals surface area contributed by atoms with E-state index in [2.05, 4.69) is 10.3 Å². The molecule has 6 nitrogen and oxygen atoms in total. The maximum atomic E-state index is 13.1. The molecule has 31 heavy (non-hydrogen) atoms.